The summed E-state index contributed by atoms with van der Waals surface area (Å²) in [5.74, 6) is 11.1. The molecule has 6 rings (SSSR count). The van der Waals surface area contributed by atoms with Crippen molar-refractivity contribution in [2.45, 2.75) is 144 Å². The number of fused-ring (bicyclic) bond motifs is 2. The molecule has 0 aromatic heterocycles. The first-order valence-electron chi connectivity index (χ1n) is 23.5. The number of hydrogen-bond acceptors (Lipinski definition) is 23. The van der Waals surface area contributed by atoms with Crippen LogP contribution in [0.2, 0.25) is 0 Å². The smallest absolute Gasteiger partial charge is 0.411 e. The van der Waals surface area contributed by atoms with E-state index in [1.807, 2.05) is 42.7 Å². The number of aliphatic hydroxyl groups excluding tert-OH is 2. The van der Waals surface area contributed by atoms with E-state index in [1.54, 1.807) is 34.0 Å². The summed E-state index contributed by atoms with van der Waals surface area (Å²) in [5, 5.41) is 51.6. The first-order chi connectivity index (χ1) is 35.3. The van der Waals surface area contributed by atoms with E-state index in [9.17, 15) is 34.8 Å². The monoisotopic (exact) mass is 1220 g/mol. The van der Waals surface area contributed by atoms with Crippen LogP contribution in [0.3, 0.4) is 0 Å². The lowest BCUT2D eigenvalue weighted by molar-refractivity contribution is -0.336. The SMILES string of the molecule is COC(=O)NC1=C2C(=CCSSSC)C(O)(C#CC=CC#CC2OC2OC(C)C(NOC3CC(O)C(SC(=O)c4c(C)c(I)c(O)c(OC)c4OC)C(C)O3)C(O)C2OC2CC(OC)C(NC(C)C)CO2)CC1=O. The number of amides is 1. The van der Waals surface area contributed by atoms with Gasteiger partial charge in [0, 0.05) is 42.9 Å². The number of halogens is 1. The fourth-order valence-electron chi connectivity index (χ4n) is 9.05. The molecule has 3 aliphatic heterocycles. The highest BCUT2D eigenvalue weighted by Gasteiger charge is 2.51. The summed E-state index contributed by atoms with van der Waals surface area (Å²) < 4.78 is 54.4. The Bertz CT molecular complexity index is 2420. The van der Waals surface area contributed by atoms with E-state index < -0.39 is 95.8 Å². The minimum absolute atomic E-state index is 0.00264. The lowest BCUT2D eigenvalue weighted by atomic mass is 9.75. The molecule has 5 aliphatic rings. The zero-order valence-electron chi connectivity index (χ0n) is 42.5. The highest BCUT2D eigenvalue weighted by atomic mass is 127. The number of rotatable bonds is 19. The van der Waals surface area contributed by atoms with E-state index in [2.05, 4.69) is 39.8 Å². The molecule has 7 N–H and O–H groups in total. The van der Waals surface area contributed by atoms with Crippen LogP contribution >= 0.6 is 65.8 Å². The third kappa shape index (κ3) is 14.3. The summed E-state index contributed by atoms with van der Waals surface area (Å²) in [5.41, 5.74) is 1.43. The highest BCUT2D eigenvalue weighted by Crippen LogP contribution is 2.47. The minimum atomic E-state index is -2.04. The van der Waals surface area contributed by atoms with Crippen LogP contribution in [-0.4, -0.2) is 175 Å². The quantitative estimate of drug-likeness (QED) is 0.0332. The number of carbonyl (C=O) groups excluding carboxylic acids is 3. The van der Waals surface area contributed by atoms with Gasteiger partial charge < -0.3 is 68.4 Å². The number of nitrogens with one attached hydrogen (secondary N) is 3. The van der Waals surface area contributed by atoms with Gasteiger partial charge >= 0.3 is 6.09 Å². The van der Waals surface area contributed by atoms with Crippen molar-refractivity contribution in [3.05, 3.63) is 49.8 Å². The molecule has 14 unspecified atom stereocenters. The van der Waals surface area contributed by atoms with E-state index in [0.717, 1.165) is 18.9 Å². The number of aliphatic hydroxyl groups is 3. The minimum Gasteiger partial charge on any atom is -0.503 e. The molecule has 3 fully saturated rings. The maximum absolute atomic E-state index is 14.0. The lowest BCUT2D eigenvalue weighted by Crippen LogP contribution is -2.65. The summed E-state index contributed by atoms with van der Waals surface area (Å²) in [6.07, 6.45) is -5.85. The van der Waals surface area contributed by atoms with E-state index >= 15 is 0 Å². The highest BCUT2D eigenvalue weighted by molar-refractivity contribution is 14.1. The normalized spacial score (nSPS) is 32.6. The summed E-state index contributed by atoms with van der Waals surface area (Å²) in [6, 6.07) is -1.12. The van der Waals surface area contributed by atoms with E-state index in [0.29, 0.717) is 14.9 Å². The van der Waals surface area contributed by atoms with Crippen LogP contribution in [0, 0.1) is 34.2 Å². The molecule has 0 saturated carbocycles. The molecule has 0 spiro atoms. The fraction of sp³-hybridized carbons (Fsp3) is 0.612. The van der Waals surface area contributed by atoms with Crippen molar-refractivity contribution in [3.63, 3.8) is 0 Å². The van der Waals surface area contributed by atoms with Crippen molar-refractivity contribution >= 4 is 82.8 Å². The third-order valence-electron chi connectivity index (χ3n) is 12.6. The van der Waals surface area contributed by atoms with Crippen LogP contribution in [0.25, 0.3) is 0 Å². The Morgan fingerprint density at radius 1 is 1.03 bits per heavy atom. The molecule has 408 valence electrons. The van der Waals surface area contributed by atoms with Gasteiger partial charge in [0.15, 0.2) is 41.8 Å². The van der Waals surface area contributed by atoms with Crippen molar-refractivity contribution < 1.29 is 82.3 Å². The summed E-state index contributed by atoms with van der Waals surface area (Å²) >= 11 is 2.78. The number of thioether (sulfide) groups is 1. The molecule has 3 saturated heterocycles. The molecule has 1 aromatic carbocycles. The van der Waals surface area contributed by atoms with Gasteiger partial charge in [-0.1, -0.05) is 77.0 Å². The number of allylic oxidation sites excluding steroid dienone is 3. The maximum Gasteiger partial charge on any atom is 0.411 e. The van der Waals surface area contributed by atoms with Crippen molar-refractivity contribution in [3.8, 4) is 40.9 Å². The van der Waals surface area contributed by atoms with E-state index in [4.69, 9.17) is 47.5 Å². The molecule has 2 aliphatic carbocycles. The van der Waals surface area contributed by atoms with Gasteiger partial charge in [-0.15, -0.1) is 0 Å². The number of aromatic hydroxyl groups is 1. The molecule has 3 heterocycles. The molecule has 25 heteroatoms. The molecular weight excluding hydrogens is 1160 g/mol. The van der Waals surface area contributed by atoms with Crippen molar-refractivity contribution in [2.75, 3.05) is 47.1 Å². The Morgan fingerprint density at radius 2 is 1.76 bits per heavy atom. The molecule has 20 nitrogen and oxygen atoms in total. The molecule has 14 atom stereocenters. The first kappa shape index (κ1) is 60.4. The Labute approximate surface area is 460 Å². The van der Waals surface area contributed by atoms with E-state index in [-0.39, 0.29) is 77.3 Å². The maximum atomic E-state index is 14.0. The number of alkyl carbamates (subject to hydrolysis) is 1. The van der Waals surface area contributed by atoms with Crippen molar-refractivity contribution in [1.29, 1.82) is 0 Å². The van der Waals surface area contributed by atoms with Crippen LogP contribution in [0.4, 0.5) is 4.79 Å². The first-order valence-corrected chi connectivity index (χ1v) is 29.5. The van der Waals surface area contributed by atoms with Gasteiger partial charge in [-0.3, -0.25) is 19.7 Å². The second kappa shape index (κ2) is 27.7. The molecular formula is C49H64IN3O17S4. The molecule has 0 radical (unpaired) electrons. The predicted molar refractivity (Wildman–Crippen MR) is 288 cm³/mol. The topological polar surface area (TPSA) is 261 Å². The average molecular weight is 1220 g/mol. The number of phenolic OH excluding ortho intramolecular Hbond substituents is 1. The third-order valence-corrected chi connectivity index (χ3v) is 19.0. The number of Topliss-reactive ketones (excluding diaryl/α,β-unsaturated/α-hetero) is 1. The Balaban J connectivity index is 1.28. The largest absolute Gasteiger partial charge is 0.503 e. The van der Waals surface area contributed by atoms with Crippen LogP contribution < -0.4 is 25.6 Å². The summed E-state index contributed by atoms with van der Waals surface area (Å²) in [7, 11) is 9.94. The summed E-state index contributed by atoms with van der Waals surface area (Å²) in [4.78, 5) is 46.9. The predicted octanol–water partition coefficient (Wildman–Crippen LogP) is 4.43. The Kier molecular flexibility index (Phi) is 22.6. The van der Waals surface area contributed by atoms with Crippen LogP contribution in [0.15, 0.2) is 35.1 Å². The number of carbonyl (C=O) groups is 3. The van der Waals surface area contributed by atoms with Gasteiger partial charge in [0.05, 0.1) is 90.9 Å². The molecule has 1 amide bonds. The molecule has 1 aromatic rings. The second-order valence-corrected chi connectivity index (χ2v) is 24.5. The fourth-order valence-corrected chi connectivity index (χ4v) is 13.1. The van der Waals surface area contributed by atoms with Crippen LogP contribution in [-0.2, 0) is 42.8 Å². The lowest BCUT2D eigenvalue weighted by Gasteiger charge is -2.47. The van der Waals surface area contributed by atoms with Crippen LogP contribution in [0.1, 0.15) is 62.9 Å². The number of phenols is 1. The second-order valence-electron chi connectivity index (χ2n) is 17.8. The molecule has 74 heavy (non-hydrogen) atoms. The van der Waals surface area contributed by atoms with Gasteiger partial charge in [0.25, 0.3) is 0 Å². The zero-order chi connectivity index (χ0) is 54.0. The number of benzene rings is 1. The Hall–Kier alpha value is -2.78. The number of ether oxygens (including phenoxy) is 9. The van der Waals surface area contributed by atoms with Crippen molar-refractivity contribution in [1.82, 2.24) is 16.1 Å². The zero-order valence-corrected chi connectivity index (χ0v) is 47.9. The van der Waals surface area contributed by atoms with E-state index in [1.165, 1.54) is 57.8 Å². The van der Waals surface area contributed by atoms with Gasteiger partial charge in [-0.25, -0.2) is 4.79 Å². The van der Waals surface area contributed by atoms with Gasteiger partial charge in [-0.05, 0) is 77.2 Å². The van der Waals surface area contributed by atoms with Gasteiger partial charge in [-0.2, -0.15) is 5.48 Å². The number of ketones is 1. The number of methoxy groups -OCH3 is 4. The number of hydrogen-bond donors (Lipinski definition) is 7. The van der Waals surface area contributed by atoms with Gasteiger partial charge in [0.1, 0.15) is 18.3 Å². The average Bonchev–Trinajstić information content (AvgIpc) is 3.35. The van der Waals surface area contributed by atoms with Crippen molar-refractivity contribution in [2.24, 2.45) is 0 Å². The number of hydroxylamine groups is 1. The summed E-state index contributed by atoms with van der Waals surface area (Å²) in [6.45, 7) is 9.23. The standard InChI is InChI=1S/C49H64IN3O17S4/c1-23(2)51-28-22-65-33(20-32(28)61-6)69-44-41(57)38(53-70-34-19-29(54)45(26(5)66-34)73-46(58)35-24(3)37(50)40(56)43(63-8)42(35)62-7)25(4)67-47(44)68-31-15-13-11-12-14-17-49(60)21-30(55)39(52-48(59)64-9)36(31)27(49)16-18-72-74-71-10/h11-12,16,23,25-26,28-29,31-34,38,41,44-45,47,51,53-54,56-57,60H,18-22H2,1-10H3,(H,52,59). The Morgan fingerprint density at radius 3 is 2.42 bits per heavy atom. The molecule has 2 bridgehead atoms. The van der Waals surface area contributed by atoms with Crippen LogP contribution in [0.5, 0.6) is 17.2 Å². The van der Waals surface area contributed by atoms with Gasteiger partial charge in [0.2, 0.25) is 10.9 Å².